The molecule has 0 aliphatic rings. The lowest BCUT2D eigenvalue weighted by atomic mass is 10.2. The summed E-state index contributed by atoms with van der Waals surface area (Å²) in [6.07, 6.45) is 1.56. The van der Waals surface area contributed by atoms with E-state index in [1.807, 2.05) is 19.1 Å². The minimum Gasteiger partial charge on any atom is -0.465 e. The highest BCUT2D eigenvalue weighted by Crippen LogP contribution is 2.10. The number of hydrogen-bond donors (Lipinski definition) is 3. The summed E-state index contributed by atoms with van der Waals surface area (Å²) in [5.74, 6) is 6.88. The van der Waals surface area contributed by atoms with Gasteiger partial charge in [-0.25, -0.2) is 10.8 Å². The van der Waals surface area contributed by atoms with Crippen molar-refractivity contribution in [3.8, 4) is 0 Å². The second-order valence-corrected chi connectivity index (χ2v) is 3.74. The molecule has 1 amide bonds. The third-order valence-corrected chi connectivity index (χ3v) is 2.41. The minimum atomic E-state index is -0.259. The molecule has 0 spiro atoms. The van der Waals surface area contributed by atoms with Crippen LogP contribution < -0.4 is 16.6 Å². The Balaban J connectivity index is 2.03. The molecule has 94 valence electrons. The number of carbonyl (C=O) groups excluding carboxylic acids is 1. The van der Waals surface area contributed by atoms with Crippen LogP contribution in [0.15, 0.2) is 34.9 Å². The Bertz CT molecular complexity index is 551. The van der Waals surface area contributed by atoms with E-state index >= 15 is 0 Å². The number of nitrogens with two attached hydrogens (primary N) is 1. The molecule has 0 saturated carbocycles. The number of nitrogens with zero attached hydrogens (tertiary/aromatic N) is 1. The van der Waals surface area contributed by atoms with Crippen molar-refractivity contribution >= 4 is 11.7 Å². The van der Waals surface area contributed by atoms with Gasteiger partial charge in [0, 0.05) is 6.20 Å². The first kappa shape index (κ1) is 12.1. The molecule has 2 rings (SSSR count). The van der Waals surface area contributed by atoms with Crippen molar-refractivity contribution in [1.82, 2.24) is 10.3 Å². The molecule has 2 heterocycles. The lowest BCUT2D eigenvalue weighted by molar-refractivity contribution is 0.0948. The molecule has 0 atom stereocenters. The number of rotatable bonds is 4. The molecule has 0 aliphatic heterocycles. The van der Waals surface area contributed by atoms with Gasteiger partial charge in [-0.15, -0.1) is 0 Å². The summed E-state index contributed by atoms with van der Waals surface area (Å²) in [5, 5.41) is 2.74. The fourth-order valence-corrected chi connectivity index (χ4v) is 1.55. The van der Waals surface area contributed by atoms with E-state index in [-0.39, 0.29) is 5.91 Å². The van der Waals surface area contributed by atoms with E-state index in [0.717, 1.165) is 5.76 Å². The van der Waals surface area contributed by atoms with Crippen LogP contribution in [-0.2, 0) is 6.54 Å². The van der Waals surface area contributed by atoms with Crippen LogP contribution in [0.1, 0.15) is 21.9 Å². The predicted octanol–water partition coefficient (Wildman–Crippen LogP) is 1.20. The van der Waals surface area contributed by atoms with Crippen LogP contribution in [0.5, 0.6) is 0 Å². The average Bonchev–Trinajstić information content (AvgIpc) is 2.81. The molecule has 0 unspecified atom stereocenters. The van der Waals surface area contributed by atoms with E-state index in [1.54, 1.807) is 18.3 Å². The Labute approximate surface area is 104 Å². The first-order chi connectivity index (χ1) is 8.70. The van der Waals surface area contributed by atoms with E-state index in [0.29, 0.717) is 23.7 Å². The van der Waals surface area contributed by atoms with Gasteiger partial charge in [-0.2, -0.15) is 0 Å². The van der Waals surface area contributed by atoms with Crippen LogP contribution in [0.2, 0.25) is 0 Å². The maximum Gasteiger partial charge on any atom is 0.255 e. The van der Waals surface area contributed by atoms with Gasteiger partial charge in [0.15, 0.2) is 5.82 Å². The summed E-state index contributed by atoms with van der Waals surface area (Å²) < 4.78 is 5.36. The van der Waals surface area contributed by atoms with Crippen molar-refractivity contribution in [3.63, 3.8) is 0 Å². The van der Waals surface area contributed by atoms with E-state index in [4.69, 9.17) is 10.3 Å². The number of pyridine rings is 1. The number of hydrogen-bond acceptors (Lipinski definition) is 5. The topological polar surface area (TPSA) is 93.2 Å². The number of aryl methyl sites for hydroxylation is 1. The number of amides is 1. The predicted molar refractivity (Wildman–Crippen MR) is 66.7 cm³/mol. The number of furan rings is 1. The van der Waals surface area contributed by atoms with Crippen molar-refractivity contribution in [2.24, 2.45) is 5.84 Å². The molecule has 4 N–H and O–H groups in total. The third kappa shape index (κ3) is 2.67. The second-order valence-electron chi connectivity index (χ2n) is 3.74. The first-order valence-electron chi connectivity index (χ1n) is 5.46. The number of nitrogen functional groups attached to an aromatic ring is 1. The van der Waals surface area contributed by atoms with Crippen LogP contribution in [0.4, 0.5) is 5.82 Å². The van der Waals surface area contributed by atoms with Gasteiger partial charge in [-0.3, -0.25) is 4.79 Å². The van der Waals surface area contributed by atoms with Crippen LogP contribution in [0, 0.1) is 6.92 Å². The first-order valence-corrected chi connectivity index (χ1v) is 5.46. The van der Waals surface area contributed by atoms with Gasteiger partial charge in [0.05, 0.1) is 12.1 Å². The molecule has 0 fully saturated rings. The molecule has 0 aliphatic carbocycles. The standard InChI is InChI=1S/C12H14N4O2/c1-8-4-5-9(18-8)7-15-12(17)10-3-2-6-14-11(10)16-13/h2-6H,7,13H2,1H3,(H,14,16)(H,15,17). The highest BCUT2D eigenvalue weighted by Gasteiger charge is 2.11. The Morgan fingerprint density at radius 2 is 2.28 bits per heavy atom. The van der Waals surface area contributed by atoms with E-state index < -0.39 is 0 Å². The van der Waals surface area contributed by atoms with Crippen LogP contribution in [-0.4, -0.2) is 10.9 Å². The fraction of sp³-hybridized carbons (Fsp3) is 0.167. The monoisotopic (exact) mass is 246 g/mol. The molecule has 0 saturated heterocycles. The minimum absolute atomic E-state index is 0.259. The molecule has 18 heavy (non-hydrogen) atoms. The molecular formula is C12H14N4O2. The van der Waals surface area contributed by atoms with Gasteiger partial charge in [-0.05, 0) is 31.2 Å². The summed E-state index contributed by atoms with van der Waals surface area (Å²) in [5.41, 5.74) is 2.78. The number of anilines is 1. The zero-order valence-corrected chi connectivity index (χ0v) is 9.93. The molecule has 2 aromatic rings. The Morgan fingerprint density at radius 1 is 1.44 bits per heavy atom. The molecule has 0 radical (unpaired) electrons. The number of hydrazine groups is 1. The summed E-state index contributed by atoms with van der Waals surface area (Å²) in [6.45, 7) is 2.18. The van der Waals surface area contributed by atoms with Crippen molar-refractivity contribution in [2.45, 2.75) is 13.5 Å². The van der Waals surface area contributed by atoms with Crippen LogP contribution >= 0.6 is 0 Å². The van der Waals surface area contributed by atoms with Crippen molar-refractivity contribution < 1.29 is 9.21 Å². The number of carbonyl (C=O) groups is 1. The number of aromatic nitrogens is 1. The molecule has 6 nitrogen and oxygen atoms in total. The summed E-state index contributed by atoms with van der Waals surface area (Å²) in [7, 11) is 0. The molecular weight excluding hydrogens is 232 g/mol. The van der Waals surface area contributed by atoms with E-state index in [1.165, 1.54) is 0 Å². The van der Waals surface area contributed by atoms with Gasteiger partial charge in [0.1, 0.15) is 11.5 Å². The quantitative estimate of drug-likeness (QED) is 0.556. The second kappa shape index (κ2) is 5.33. The lowest BCUT2D eigenvalue weighted by Crippen LogP contribution is -2.25. The largest absolute Gasteiger partial charge is 0.465 e. The molecule has 0 bridgehead atoms. The van der Waals surface area contributed by atoms with E-state index in [9.17, 15) is 4.79 Å². The van der Waals surface area contributed by atoms with E-state index in [2.05, 4.69) is 15.7 Å². The SMILES string of the molecule is Cc1ccc(CNC(=O)c2cccnc2NN)o1. The average molecular weight is 246 g/mol. The zero-order chi connectivity index (χ0) is 13.0. The molecule has 0 aromatic carbocycles. The summed E-state index contributed by atoms with van der Waals surface area (Å²) in [4.78, 5) is 15.9. The smallest absolute Gasteiger partial charge is 0.255 e. The van der Waals surface area contributed by atoms with Crippen molar-refractivity contribution in [3.05, 3.63) is 47.5 Å². The Hall–Kier alpha value is -2.34. The third-order valence-electron chi connectivity index (χ3n) is 2.41. The van der Waals surface area contributed by atoms with Crippen molar-refractivity contribution in [2.75, 3.05) is 5.43 Å². The molecule has 6 heteroatoms. The highest BCUT2D eigenvalue weighted by atomic mass is 16.3. The van der Waals surface area contributed by atoms with Gasteiger partial charge in [-0.1, -0.05) is 0 Å². The Kier molecular flexibility index (Phi) is 3.59. The van der Waals surface area contributed by atoms with Crippen LogP contribution in [0.3, 0.4) is 0 Å². The zero-order valence-electron chi connectivity index (χ0n) is 9.93. The number of nitrogens with one attached hydrogen (secondary N) is 2. The maximum atomic E-state index is 11.9. The normalized spacial score (nSPS) is 10.1. The summed E-state index contributed by atoms with van der Waals surface area (Å²) in [6, 6.07) is 6.98. The maximum absolute atomic E-state index is 11.9. The highest BCUT2D eigenvalue weighted by molar-refractivity contribution is 5.98. The molecule has 2 aromatic heterocycles. The van der Waals surface area contributed by atoms with Gasteiger partial charge < -0.3 is 15.2 Å². The fourth-order valence-electron chi connectivity index (χ4n) is 1.55. The Morgan fingerprint density at radius 3 is 2.94 bits per heavy atom. The van der Waals surface area contributed by atoms with Gasteiger partial charge >= 0.3 is 0 Å². The van der Waals surface area contributed by atoms with Crippen LogP contribution in [0.25, 0.3) is 0 Å². The van der Waals surface area contributed by atoms with Gasteiger partial charge in [0.25, 0.3) is 5.91 Å². The van der Waals surface area contributed by atoms with Crippen molar-refractivity contribution in [1.29, 1.82) is 0 Å². The summed E-state index contributed by atoms with van der Waals surface area (Å²) >= 11 is 0. The van der Waals surface area contributed by atoms with Gasteiger partial charge in [0.2, 0.25) is 0 Å². The lowest BCUT2D eigenvalue weighted by Gasteiger charge is -2.07.